The highest BCUT2D eigenvalue weighted by Crippen LogP contribution is 2.29. The Labute approximate surface area is 137 Å². The maximum absolute atomic E-state index is 6.13. The van der Waals surface area contributed by atoms with Crippen molar-refractivity contribution in [2.45, 2.75) is 0 Å². The summed E-state index contributed by atoms with van der Waals surface area (Å²) in [6, 6.07) is 12.9. The maximum Gasteiger partial charge on any atom is 0.136 e. The van der Waals surface area contributed by atoms with Crippen LogP contribution in [0.3, 0.4) is 0 Å². The Morgan fingerprint density at radius 3 is 2.62 bits per heavy atom. The first-order valence-corrected chi connectivity index (χ1v) is 7.31. The van der Waals surface area contributed by atoms with Gasteiger partial charge in [-0.2, -0.15) is 0 Å². The van der Waals surface area contributed by atoms with E-state index < -0.39 is 0 Å². The molecule has 3 rings (SSSR count). The largest absolute Gasteiger partial charge is 0.256 e. The molecule has 0 atom stereocenters. The molecule has 0 aliphatic carbocycles. The molecule has 0 saturated carbocycles. The average molecular weight is 336 g/mol. The van der Waals surface area contributed by atoms with Gasteiger partial charge in [0.25, 0.3) is 0 Å². The number of benzene rings is 2. The monoisotopic (exact) mass is 334 g/mol. The predicted molar refractivity (Wildman–Crippen MR) is 90.5 cm³/mol. The smallest absolute Gasteiger partial charge is 0.136 e. The highest BCUT2D eigenvalue weighted by molar-refractivity contribution is 6.36. The van der Waals surface area contributed by atoms with Gasteiger partial charge in [0.2, 0.25) is 0 Å². The van der Waals surface area contributed by atoms with Gasteiger partial charge >= 0.3 is 0 Å². The van der Waals surface area contributed by atoms with Crippen molar-refractivity contribution in [3.8, 4) is 0 Å². The predicted octanol–water partition coefficient (Wildman–Crippen LogP) is 5.95. The molecule has 0 amide bonds. The lowest BCUT2D eigenvalue weighted by Crippen LogP contribution is -1.83. The van der Waals surface area contributed by atoms with Gasteiger partial charge in [-0.05, 0) is 24.3 Å². The molecule has 0 unspecified atom stereocenters. The van der Waals surface area contributed by atoms with Gasteiger partial charge in [0.05, 0.1) is 10.7 Å². The quantitative estimate of drug-likeness (QED) is 0.420. The van der Waals surface area contributed by atoms with E-state index in [9.17, 15) is 0 Å². The Hall–Kier alpha value is -1.61. The first-order valence-electron chi connectivity index (χ1n) is 6.17. The van der Waals surface area contributed by atoms with Crippen LogP contribution in [0.15, 0.2) is 53.7 Å². The van der Waals surface area contributed by atoms with Crippen LogP contribution in [0.25, 0.3) is 10.8 Å². The fourth-order valence-electron chi connectivity index (χ4n) is 2.01. The van der Waals surface area contributed by atoms with E-state index in [1.165, 1.54) is 0 Å². The van der Waals surface area contributed by atoms with E-state index >= 15 is 0 Å². The summed E-state index contributed by atoms with van der Waals surface area (Å²) >= 11 is 18.1. The number of pyridine rings is 1. The minimum absolute atomic E-state index is 0.467. The second kappa shape index (κ2) is 6.02. The van der Waals surface area contributed by atoms with E-state index in [1.807, 2.05) is 30.3 Å². The Morgan fingerprint density at radius 2 is 1.81 bits per heavy atom. The van der Waals surface area contributed by atoms with Crippen molar-refractivity contribution in [2.24, 2.45) is 4.99 Å². The molecule has 0 radical (unpaired) electrons. The van der Waals surface area contributed by atoms with Gasteiger partial charge in [0.1, 0.15) is 5.15 Å². The number of rotatable bonds is 2. The number of nitrogens with zero attached hydrogens (tertiary/aromatic N) is 2. The highest BCUT2D eigenvalue weighted by Gasteiger charge is 2.04. The van der Waals surface area contributed by atoms with E-state index in [4.69, 9.17) is 34.8 Å². The van der Waals surface area contributed by atoms with Crippen molar-refractivity contribution in [1.82, 2.24) is 4.98 Å². The third kappa shape index (κ3) is 3.03. The van der Waals surface area contributed by atoms with E-state index in [0.29, 0.717) is 15.2 Å². The van der Waals surface area contributed by atoms with E-state index in [2.05, 4.69) is 9.98 Å². The number of hydrogen-bond donors (Lipinski definition) is 0. The topological polar surface area (TPSA) is 25.2 Å². The SMILES string of the molecule is Clc1ccc(C=Nc2cccc3c(Cl)nccc23)c(Cl)c1. The van der Waals surface area contributed by atoms with Crippen LogP contribution in [0.5, 0.6) is 0 Å². The fraction of sp³-hybridized carbons (Fsp3) is 0. The first-order chi connectivity index (χ1) is 10.1. The van der Waals surface area contributed by atoms with Gasteiger partial charge in [0, 0.05) is 33.8 Å². The molecule has 0 spiro atoms. The number of aliphatic imine (C=N–C) groups is 1. The molecule has 3 aromatic rings. The van der Waals surface area contributed by atoms with Gasteiger partial charge in [-0.3, -0.25) is 4.99 Å². The first kappa shape index (κ1) is 14.3. The van der Waals surface area contributed by atoms with Crippen LogP contribution in [0.1, 0.15) is 5.56 Å². The van der Waals surface area contributed by atoms with Crippen molar-refractivity contribution < 1.29 is 0 Å². The lowest BCUT2D eigenvalue weighted by Gasteiger charge is -2.03. The summed E-state index contributed by atoms with van der Waals surface area (Å²) in [5.74, 6) is 0. The van der Waals surface area contributed by atoms with Crippen LogP contribution in [0.4, 0.5) is 5.69 Å². The molecule has 1 heterocycles. The third-order valence-electron chi connectivity index (χ3n) is 3.04. The summed E-state index contributed by atoms with van der Waals surface area (Å²) in [5, 5.41) is 3.44. The lowest BCUT2D eigenvalue weighted by atomic mass is 10.1. The van der Waals surface area contributed by atoms with E-state index in [0.717, 1.165) is 22.0 Å². The van der Waals surface area contributed by atoms with E-state index in [1.54, 1.807) is 24.5 Å². The number of aromatic nitrogens is 1. The van der Waals surface area contributed by atoms with Crippen LogP contribution in [-0.4, -0.2) is 11.2 Å². The minimum Gasteiger partial charge on any atom is -0.256 e. The number of hydrogen-bond acceptors (Lipinski definition) is 2. The molecule has 5 heteroatoms. The third-order valence-corrected chi connectivity index (χ3v) is 3.90. The van der Waals surface area contributed by atoms with Gasteiger partial charge in [-0.1, -0.05) is 53.0 Å². The zero-order valence-electron chi connectivity index (χ0n) is 10.7. The van der Waals surface area contributed by atoms with Crippen LogP contribution in [0.2, 0.25) is 15.2 Å². The Bertz CT molecular complexity index is 844. The van der Waals surface area contributed by atoms with Crippen LogP contribution in [-0.2, 0) is 0 Å². The van der Waals surface area contributed by atoms with Gasteiger partial charge in [0.15, 0.2) is 0 Å². The summed E-state index contributed by atoms with van der Waals surface area (Å²) < 4.78 is 0. The summed E-state index contributed by atoms with van der Waals surface area (Å²) in [6.45, 7) is 0. The molecule has 2 nitrogen and oxygen atoms in total. The summed E-state index contributed by atoms with van der Waals surface area (Å²) in [4.78, 5) is 8.57. The molecule has 0 aliphatic rings. The summed E-state index contributed by atoms with van der Waals surface area (Å²) in [5.41, 5.74) is 1.61. The molecule has 0 fully saturated rings. The second-order valence-electron chi connectivity index (χ2n) is 4.40. The lowest BCUT2D eigenvalue weighted by molar-refractivity contribution is 1.36. The van der Waals surface area contributed by atoms with Gasteiger partial charge < -0.3 is 0 Å². The van der Waals surface area contributed by atoms with Crippen molar-refractivity contribution in [3.05, 3.63) is 69.4 Å². The summed E-state index contributed by atoms with van der Waals surface area (Å²) in [6.07, 6.45) is 3.38. The molecule has 1 aromatic heterocycles. The minimum atomic E-state index is 0.467. The number of fused-ring (bicyclic) bond motifs is 1. The van der Waals surface area contributed by atoms with E-state index in [-0.39, 0.29) is 0 Å². The Morgan fingerprint density at radius 1 is 0.952 bits per heavy atom. The van der Waals surface area contributed by atoms with Crippen molar-refractivity contribution in [2.75, 3.05) is 0 Å². The second-order valence-corrected chi connectivity index (χ2v) is 5.60. The molecule has 21 heavy (non-hydrogen) atoms. The van der Waals surface area contributed by atoms with Crippen molar-refractivity contribution in [1.29, 1.82) is 0 Å². The van der Waals surface area contributed by atoms with Crippen molar-refractivity contribution in [3.63, 3.8) is 0 Å². The zero-order chi connectivity index (χ0) is 14.8. The van der Waals surface area contributed by atoms with Crippen LogP contribution in [0, 0.1) is 0 Å². The fourth-order valence-corrected chi connectivity index (χ4v) is 2.69. The van der Waals surface area contributed by atoms with Gasteiger partial charge in [-0.15, -0.1) is 0 Å². The standard InChI is InChI=1S/C16H9Cl3N2/c17-11-5-4-10(14(18)8-11)9-21-15-3-1-2-13-12(15)6-7-20-16(13)19/h1-9H. The molecule has 104 valence electrons. The Balaban J connectivity index is 2.05. The molecule has 0 aliphatic heterocycles. The zero-order valence-corrected chi connectivity index (χ0v) is 13.0. The Kier molecular flexibility index (Phi) is 4.11. The normalized spacial score (nSPS) is 11.4. The van der Waals surface area contributed by atoms with Crippen molar-refractivity contribution >= 4 is 57.5 Å². The molecule has 0 bridgehead atoms. The maximum atomic E-state index is 6.13. The molecule has 0 N–H and O–H groups in total. The number of halogens is 3. The highest BCUT2D eigenvalue weighted by atomic mass is 35.5. The molecule has 2 aromatic carbocycles. The average Bonchev–Trinajstić information content (AvgIpc) is 2.47. The molecular weight excluding hydrogens is 327 g/mol. The molecule has 0 saturated heterocycles. The molecular formula is C16H9Cl3N2. The summed E-state index contributed by atoms with van der Waals surface area (Å²) in [7, 11) is 0. The van der Waals surface area contributed by atoms with Crippen LogP contribution < -0.4 is 0 Å². The van der Waals surface area contributed by atoms with Gasteiger partial charge in [-0.25, -0.2) is 4.98 Å². The van der Waals surface area contributed by atoms with Crippen LogP contribution >= 0.6 is 34.8 Å².